The Morgan fingerprint density at radius 1 is 1.10 bits per heavy atom. The van der Waals surface area contributed by atoms with Crippen LogP contribution in [-0.4, -0.2) is 12.2 Å². The molecule has 0 bridgehead atoms. The maximum atomic E-state index is 13.3. The summed E-state index contributed by atoms with van der Waals surface area (Å²) >= 11 is 11.7. The largest absolute Gasteiger partial charge is 0.320 e. The van der Waals surface area contributed by atoms with Gasteiger partial charge < -0.3 is 5.32 Å². The molecule has 0 aliphatic heterocycles. The van der Waals surface area contributed by atoms with Crippen LogP contribution in [0.3, 0.4) is 0 Å². The number of hydrogen-bond acceptors (Lipinski definition) is 2. The van der Waals surface area contributed by atoms with Gasteiger partial charge in [-0.1, -0.05) is 23.2 Å². The summed E-state index contributed by atoms with van der Waals surface area (Å²) in [6, 6.07) is 5.13. The van der Waals surface area contributed by atoms with Crippen LogP contribution >= 0.6 is 23.2 Å². The molecule has 0 aliphatic rings. The molecule has 108 valence electrons. The van der Waals surface area contributed by atoms with E-state index in [0.29, 0.717) is 6.29 Å². The molecule has 0 saturated heterocycles. The van der Waals surface area contributed by atoms with Gasteiger partial charge >= 0.3 is 0 Å². The molecule has 0 atom stereocenters. The van der Waals surface area contributed by atoms with E-state index in [4.69, 9.17) is 23.2 Å². The fraction of sp³-hybridized carbons (Fsp3) is 0. The number of anilines is 1. The molecule has 0 saturated carbocycles. The van der Waals surface area contributed by atoms with E-state index in [2.05, 4.69) is 5.32 Å². The van der Waals surface area contributed by atoms with Crippen molar-refractivity contribution >= 4 is 41.1 Å². The third kappa shape index (κ3) is 3.37. The monoisotopic (exact) mass is 329 g/mol. The van der Waals surface area contributed by atoms with Gasteiger partial charge in [-0.05, 0) is 30.3 Å². The van der Waals surface area contributed by atoms with Crippen molar-refractivity contribution in [1.82, 2.24) is 0 Å². The quantitative estimate of drug-likeness (QED) is 0.851. The number of benzene rings is 2. The van der Waals surface area contributed by atoms with Crippen LogP contribution in [0.5, 0.6) is 0 Å². The van der Waals surface area contributed by atoms with Crippen LogP contribution in [0, 0.1) is 11.6 Å². The van der Waals surface area contributed by atoms with Crippen molar-refractivity contribution in [2.24, 2.45) is 0 Å². The third-order valence-electron chi connectivity index (χ3n) is 2.61. The van der Waals surface area contributed by atoms with E-state index in [-0.39, 0.29) is 26.9 Å². The zero-order valence-corrected chi connectivity index (χ0v) is 11.8. The van der Waals surface area contributed by atoms with Crippen molar-refractivity contribution in [2.45, 2.75) is 0 Å². The molecule has 0 radical (unpaired) electrons. The normalized spacial score (nSPS) is 10.3. The van der Waals surface area contributed by atoms with Gasteiger partial charge in [-0.3, -0.25) is 9.59 Å². The van der Waals surface area contributed by atoms with Crippen LogP contribution in [0.2, 0.25) is 10.0 Å². The van der Waals surface area contributed by atoms with Crippen molar-refractivity contribution in [2.75, 3.05) is 5.32 Å². The Labute approximate surface area is 128 Å². The van der Waals surface area contributed by atoms with Gasteiger partial charge in [0.1, 0.15) is 11.6 Å². The second kappa shape index (κ2) is 6.20. The topological polar surface area (TPSA) is 46.2 Å². The minimum Gasteiger partial charge on any atom is -0.320 e. The summed E-state index contributed by atoms with van der Waals surface area (Å²) in [5.74, 6) is -2.17. The predicted molar refractivity (Wildman–Crippen MR) is 76.2 cm³/mol. The maximum absolute atomic E-state index is 13.3. The Morgan fingerprint density at radius 3 is 2.48 bits per heavy atom. The molecule has 7 heteroatoms. The van der Waals surface area contributed by atoms with E-state index in [9.17, 15) is 18.4 Å². The molecule has 0 aromatic heterocycles. The fourth-order valence-corrected chi connectivity index (χ4v) is 2.05. The first kappa shape index (κ1) is 15.4. The molecule has 2 rings (SSSR count). The maximum Gasteiger partial charge on any atom is 0.257 e. The Bertz CT molecular complexity index is 735. The number of nitrogens with one attached hydrogen (secondary N) is 1. The molecule has 0 spiro atoms. The average Bonchev–Trinajstić information content (AvgIpc) is 2.44. The fourth-order valence-electron chi connectivity index (χ4n) is 1.65. The van der Waals surface area contributed by atoms with Gasteiger partial charge in [-0.15, -0.1) is 0 Å². The van der Waals surface area contributed by atoms with Crippen LogP contribution in [0.25, 0.3) is 0 Å². The number of rotatable bonds is 3. The highest BCUT2D eigenvalue weighted by Gasteiger charge is 2.15. The second-order valence-electron chi connectivity index (χ2n) is 4.05. The standard InChI is InChI=1S/C14H7Cl2F2NO2/c15-11-2-1-8(17)4-10(11)14(21)19-12-5-9(18)3-7(6-20)13(12)16/h1-6H,(H,19,21). The van der Waals surface area contributed by atoms with Gasteiger partial charge in [0.05, 0.1) is 21.3 Å². The van der Waals surface area contributed by atoms with Gasteiger partial charge in [0.2, 0.25) is 0 Å². The Morgan fingerprint density at radius 2 is 1.81 bits per heavy atom. The van der Waals surface area contributed by atoms with E-state index in [0.717, 1.165) is 24.3 Å². The zero-order valence-electron chi connectivity index (χ0n) is 10.3. The molecule has 1 N–H and O–H groups in total. The molecule has 2 aromatic rings. The highest BCUT2D eigenvalue weighted by molar-refractivity contribution is 6.37. The summed E-state index contributed by atoms with van der Waals surface area (Å²) in [5.41, 5.74) is -0.356. The van der Waals surface area contributed by atoms with Gasteiger partial charge in [0.25, 0.3) is 5.91 Å². The minimum absolute atomic E-state index is 0.0250. The zero-order chi connectivity index (χ0) is 15.6. The molecule has 0 unspecified atom stereocenters. The molecule has 0 fully saturated rings. The van der Waals surface area contributed by atoms with E-state index < -0.39 is 17.5 Å². The number of amides is 1. The van der Waals surface area contributed by atoms with E-state index in [1.807, 2.05) is 0 Å². The van der Waals surface area contributed by atoms with Crippen LogP contribution < -0.4 is 5.32 Å². The van der Waals surface area contributed by atoms with Gasteiger partial charge in [-0.2, -0.15) is 0 Å². The molecule has 0 heterocycles. The van der Waals surface area contributed by atoms with Gasteiger partial charge in [0, 0.05) is 5.56 Å². The first-order valence-corrected chi connectivity index (χ1v) is 6.38. The lowest BCUT2D eigenvalue weighted by molar-refractivity contribution is 0.102. The van der Waals surface area contributed by atoms with Crippen LogP contribution in [0.15, 0.2) is 30.3 Å². The SMILES string of the molecule is O=Cc1cc(F)cc(NC(=O)c2cc(F)ccc2Cl)c1Cl. The first-order valence-electron chi connectivity index (χ1n) is 5.63. The molecular weight excluding hydrogens is 323 g/mol. The van der Waals surface area contributed by atoms with Crippen molar-refractivity contribution < 1.29 is 18.4 Å². The van der Waals surface area contributed by atoms with Crippen LogP contribution in [0.1, 0.15) is 20.7 Å². The molecule has 2 aromatic carbocycles. The second-order valence-corrected chi connectivity index (χ2v) is 4.84. The summed E-state index contributed by atoms with van der Waals surface area (Å²) in [6.07, 6.45) is 0.357. The number of hydrogen-bond donors (Lipinski definition) is 1. The lowest BCUT2D eigenvalue weighted by Crippen LogP contribution is -2.13. The average molecular weight is 330 g/mol. The summed E-state index contributed by atoms with van der Waals surface area (Å²) in [7, 11) is 0. The van der Waals surface area contributed by atoms with Crippen molar-refractivity contribution in [3.05, 3.63) is 63.1 Å². The first-order chi connectivity index (χ1) is 9.92. The van der Waals surface area contributed by atoms with Crippen LogP contribution in [-0.2, 0) is 0 Å². The van der Waals surface area contributed by atoms with E-state index in [1.54, 1.807) is 0 Å². The third-order valence-corrected chi connectivity index (χ3v) is 3.37. The molecule has 0 aliphatic carbocycles. The van der Waals surface area contributed by atoms with Crippen LogP contribution in [0.4, 0.5) is 14.5 Å². The van der Waals surface area contributed by atoms with Crippen molar-refractivity contribution in [1.29, 1.82) is 0 Å². The number of aldehydes is 1. The molecule has 1 amide bonds. The number of carbonyl (C=O) groups is 2. The Hall–Kier alpha value is -1.98. The smallest absolute Gasteiger partial charge is 0.257 e. The Kier molecular flexibility index (Phi) is 4.55. The predicted octanol–water partition coefficient (Wildman–Crippen LogP) is 4.34. The van der Waals surface area contributed by atoms with Crippen molar-refractivity contribution in [3.63, 3.8) is 0 Å². The van der Waals surface area contributed by atoms with Crippen molar-refractivity contribution in [3.8, 4) is 0 Å². The Balaban J connectivity index is 2.38. The lowest BCUT2D eigenvalue weighted by Gasteiger charge is -2.10. The number of carbonyl (C=O) groups excluding carboxylic acids is 2. The lowest BCUT2D eigenvalue weighted by atomic mass is 10.1. The molecule has 3 nitrogen and oxygen atoms in total. The minimum atomic E-state index is -0.774. The highest BCUT2D eigenvalue weighted by Crippen LogP contribution is 2.28. The molecular formula is C14H7Cl2F2NO2. The van der Waals surface area contributed by atoms with E-state index in [1.165, 1.54) is 6.07 Å². The van der Waals surface area contributed by atoms with Gasteiger partial charge in [0.15, 0.2) is 6.29 Å². The molecule has 21 heavy (non-hydrogen) atoms. The summed E-state index contributed by atoms with van der Waals surface area (Å²) in [4.78, 5) is 22.8. The summed E-state index contributed by atoms with van der Waals surface area (Å²) < 4.78 is 26.5. The van der Waals surface area contributed by atoms with E-state index >= 15 is 0 Å². The summed E-state index contributed by atoms with van der Waals surface area (Å²) in [5, 5.41) is 2.20. The highest BCUT2D eigenvalue weighted by atomic mass is 35.5. The van der Waals surface area contributed by atoms with Gasteiger partial charge in [-0.25, -0.2) is 8.78 Å². The summed E-state index contributed by atoms with van der Waals surface area (Å²) in [6.45, 7) is 0. The number of halogens is 4.